The largest absolute Gasteiger partial charge is 0.369 e. The van der Waals surface area contributed by atoms with Crippen LogP contribution in [0.3, 0.4) is 0 Å². The molecule has 0 bridgehead atoms. The number of hydrogen-bond acceptors (Lipinski definition) is 2. The molecule has 0 radical (unpaired) electrons. The van der Waals surface area contributed by atoms with Crippen LogP contribution in [-0.2, 0) is 11.3 Å². The molecule has 5 heteroatoms. The molecule has 0 saturated carbocycles. The Kier molecular flexibility index (Phi) is 4.49. The van der Waals surface area contributed by atoms with Gasteiger partial charge in [0.2, 0.25) is 5.91 Å². The molecule has 1 aliphatic heterocycles. The lowest BCUT2D eigenvalue weighted by Crippen LogP contribution is -2.38. The van der Waals surface area contributed by atoms with Gasteiger partial charge in [0.1, 0.15) is 0 Å². The third-order valence-electron chi connectivity index (χ3n) is 3.40. The minimum absolute atomic E-state index is 0.0296. The second-order valence-electron chi connectivity index (χ2n) is 4.69. The van der Waals surface area contributed by atoms with E-state index < -0.39 is 0 Å². The molecular weight excluding hydrogens is 271 g/mol. The van der Waals surface area contributed by atoms with Crippen molar-refractivity contribution in [3.05, 3.63) is 33.8 Å². The van der Waals surface area contributed by atoms with E-state index in [1.165, 1.54) is 0 Å². The zero-order chi connectivity index (χ0) is 13.1. The molecular formula is C13H16Cl2N2O. The Bertz CT molecular complexity index is 443. The number of nitrogens with zero attached hydrogens (tertiary/aromatic N) is 1. The molecule has 1 saturated heterocycles. The van der Waals surface area contributed by atoms with E-state index in [1.54, 1.807) is 6.07 Å². The Morgan fingerprint density at radius 1 is 1.33 bits per heavy atom. The Balaban J connectivity index is 1.93. The fraction of sp³-hybridized carbons (Fsp3) is 0.462. The van der Waals surface area contributed by atoms with Gasteiger partial charge in [-0.05, 0) is 43.6 Å². The van der Waals surface area contributed by atoms with Gasteiger partial charge in [-0.1, -0.05) is 29.3 Å². The lowest BCUT2D eigenvalue weighted by molar-refractivity contribution is -0.123. The van der Waals surface area contributed by atoms with Crippen molar-refractivity contribution < 1.29 is 4.79 Å². The topological polar surface area (TPSA) is 46.3 Å². The molecule has 1 fully saturated rings. The van der Waals surface area contributed by atoms with Gasteiger partial charge in [-0.25, -0.2) is 0 Å². The Morgan fingerprint density at radius 2 is 2.00 bits per heavy atom. The highest BCUT2D eigenvalue weighted by Gasteiger charge is 2.23. The zero-order valence-electron chi connectivity index (χ0n) is 10.0. The van der Waals surface area contributed by atoms with E-state index in [2.05, 4.69) is 4.90 Å². The van der Waals surface area contributed by atoms with Crippen LogP contribution in [0.4, 0.5) is 0 Å². The molecule has 2 rings (SSSR count). The van der Waals surface area contributed by atoms with Gasteiger partial charge in [0.15, 0.2) is 0 Å². The Labute approximate surface area is 117 Å². The number of primary amides is 1. The minimum atomic E-state index is -0.181. The van der Waals surface area contributed by atoms with E-state index in [9.17, 15) is 4.79 Å². The number of amides is 1. The van der Waals surface area contributed by atoms with E-state index in [1.807, 2.05) is 12.1 Å². The van der Waals surface area contributed by atoms with Crippen molar-refractivity contribution in [3.63, 3.8) is 0 Å². The fourth-order valence-corrected chi connectivity index (χ4v) is 2.73. The van der Waals surface area contributed by atoms with Gasteiger partial charge in [-0.2, -0.15) is 0 Å². The molecule has 0 atom stereocenters. The smallest absolute Gasteiger partial charge is 0.220 e. The molecule has 0 aromatic heterocycles. The van der Waals surface area contributed by atoms with Crippen LogP contribution in [0.25, 0.3) is 0 Å². The van der Waals surface area contributed by atoms with Crippen LogP contribution < -0.4 is 5.73 Å². The van der Waals surface area contributed by atoms with Crippen molar-refractivity contribution in [2.24, 2.45) is 11.7 Å². The summed E-state index contributed by atoms with van der Waals surface area (Å²) < 4.78 is 0. The number of nitrogens with two attached hydrogens (primary N) is 1. The molecule has 1 amide bonds. The number of carbonyl (C=O) groups excluding carboxylic acids is 1. The summed E-state index contributed by atoms with van der Waals surface area (Å²) in [7, 11) is 0. The van der Waals surface area contributed by atoms with Crippen molar-refractivity contribution in [1.82, 2.24) is 4.90 Å². The number of rotatable bonds is 3. The predicted octanol–water partition coefficient (Wildman–Crippen LogP) is 2.69. The lowest BCUT2D eigenvalue weighted by Gasteiger charge is -2.30. The zero-order valence-corrected chi connectivity index (χ0v) is 11.5. The molecule has 98 valence electrons. The van der Waals surface area contributed by atoms with Gasteiger partial charge in [0.25, 0.3) is 0 Å². The second kappa shape index (κ2) is 5.91. The first-order valence-corrected chi connectivity index (χ1v) is 6.77. The summed E-state index contributed by atoms with van der Waals surface area (Å²) in [5.74, 6) is -0.152. The number of benzene rings is 1. The predicted molar refractivity (Wildman–Crippen MR) is 73.7 cm³/mol. The molecule has 0 aliphatic carbocycles. The van der Waals surface area contributed by atoms with Crippen molar-refractivity contribution >= 4 is 29.1 Å². The van der Waals surface area contributed by atoms with E-state index in [4.69, 9.17) is 28.9 Å². The number of carbonyl (C=O) groups is 1. The maximum Gasteiger partial charge on any atom is 0.220 e. The summed E-state index contributed by atoms with van der Waals surface area (Å²) in [4.78, 5) is 13.4. The normalized spacial score (nSPS) is 17.9. The number of likely N-dealkylation sites (tertiary alicyclic amines) is 1. The van der Waals surface area contributed by atoms with Crippen molar-refractivity contribution in [2.45, 2.75) is 19.4 Å². The standard InChI is InChI=1S/C13H16Cl2N2O/c14-11-2-1-10(12(15)7-11)8-17-5-3-9(4-6-17)13(16)18/h1-2,7,9H,3-6,8H2,(H2,16,18). The van der Waals surface area contributed by atoms with E-state index in [0.717, 1.165) is 38.0 Å². The molecule has 0 spiro atoms. The monoisotopic (exact) mass is 286 g/mol. The van der Waals surface area contributed by atoms with Gasteiger partial charge in [-0.3, -0.25) is 9.69 Å². The van der Waals surface area contributed by atoms with Crippen LogP contribution >= 0.6 is 23.2 Å². The van der Waals surface area contributed by atoms with Crippen LogP contribution in [0.5, 0.6) is 0 Å². The molecule has 1 aromatic carbocycles. The van der Waals surface area contributed by atoms with Crippen LogP contribution in [0.2, 0.25) is 10.0 Å². The third-order valence-corrected chi connectivity index (χ3v) is 3.99. The number of hydrogen-bond donors (Lipinski definition) is 1. The summed E-state index contributed by atoms with van der Waals surface area (Å²) >= 11 is 12.0. The maximum absolute atomic E-state index is 11.1. The van der Waals surface area contributed by atoms with Crippen LogP contribution in [0.15, 0.2) is 18.2 Å². The van der Waals surface area contributed by atoms with Crippen molar-refractivity contribution in [3.8, 4) is 0 Å². The summed E-state index contributed by atoms with van der Waals surface area (Å²) in [6.45, 7) is 2.56. The molecule has 1 aliphatic rings. The van der Waals surface area contributed by atoms with Gasteiger partial charge in [0.05, 0.1) is 0 Å². The summed E-state index contributed by atoms with van der Waals surface area (Å²) in [6.07, 6.45) is 1.67. The fourth-order valence-electron chi connectivity index (χ4n) is 2.27. The highest BCUT2D eigenvalue weighted by Crippen LogP contribution is 2.24. The van der Waals surface area contributed by atoms with E-state index in [-0.39, 0.29) is 11.8 Å². The molecule has 1 aromatic rings. The van der Waals surface area contributed by atoms with E-state index >= 15 is 0 Å². The van der Waals surface area contributed by atoms with E-state index in [0.29, 0.717) is 10.0 Å². The van der Waals surface area contributed by atoms with Crippen molar-refractivity contribution in [1.29, 1.82) is 0 Å². The molecule has 1 heterocycles. The first-order valence-electron chi connectivity index (χ1n) is 6.02. The third kappa shape index (κ3) is 3.37. The number of piperidine rings is 1. The van der Waals surface area contributed by atoms with Crippen LogP contribution in [-0.4, -0.2) is 23.9 Å². The Morgan fingerprint density at radius 3 is 2.56 bits per heavy atom. The van der Waals surface area contributed by atoms with Crippen LogP contribution in [0.1, 0.15) is 18.4 Å². The quantitative estimate of drug-likeness (QED) is 0.929. The summed E-state index contributed by atoms with van der Waals surface area (Å²) in [6, 6.07) is 5.55. The SMILES string of the molecule is NC(=O)C1CCN(Cc2ccc(Cl)cc2Cl)CC1. The molecule has 2 N–H and O–H groups in total. The number of halogens is 2. The average Bonchev–Trinajstić information content (AvgIpc) is 2.33. The van der Waals surface area contributed by atoms with Gasteiger partial charge in [0, 0.05) is 22.5 Å². The molecule has 0 unspecified atom stereocenters. The van der Waals surface area contributed by atoms with Gasteiger partial charge < -0.3 is 5.73 Å². The lowest BCUT2D eigenvalue weighted by atomic mass is 9.96. The minimum Gasteiger partial charge on any atom is -0.369 e. The highest BCUT2D eigenvalue weighted by atomic mass is 35.5. The first-order chi connectivity index (χ1) is 8.56. The molecule has 3 nitrogen and oxygen atoms in total. The summed E-state index contributed by atoms with van der Waals surface area (Å²) in [5.41, 5.74) is 6.38. The highest BCUT2D eigenvalue weighted by molar-refractivity contribution is 6.35. The average molecular weight is 287 g/mol. The van der Waals surface area contributed by atoms with Crippen LogP contribution in [0, 0.1) is 5.92 Å². The second-order valence-corrected chi connectivity index (χ2v) is 5.53. The van der Waals surface area contributed by atoms with Gasteiger partial charge >= 0.3 is 0 Å². The molecule has 18 heavy (non-hydrogen) atoms. The maximum atomic E-state index is 11.1. The summed E-state index contributed by atoms with van der Waals surface area (Å²) in [5, 5.41) is 1.34. The van der Waals surface area contributed by atoms with Crippen molar-refractivity contribution in [2.75, 3.05) is 13.1 Å². The van der Waals surface area contributed by atoms with Gasteiger partial charge in [-0.15, -0.1) is 0 Å². The Hall–Kier alpha value is -0.770. The first kappa shape index (κ1) is 13.7.